The number of pyridine rings is 5. The summed E-state index contributed by atoms with van der Waals surface area (Å²) in [5.41, 5.74) is 14.9. The SMILES string of the molecule is C#Cc1cccc(Nc2nc3cc(C(=O)O)ccc3c3cnc(CCC4CC4)nc23)c1.C#Cc1cccc(Nc2nc3cc(C(=O)O)ccc3c3cnc(CCC4CCCO4)nc23)c1.C#Cc1cccc(Nc2nc3cc(C(=O)O)ccc3c3cnc(CCCCOC(C)C)nc23)c1.Cc1cccc(Nc2nc3cc(C(=O)O)ccc3c3cnc(=O)[nH]c23)c1.Cc1cccc(Nc2nc3cc(C(=O)O)ccc3c3cnc(C)nc23)c1. The first-order valence-electron chi connectivity index (χ1n) is 48.4. The van der Waals surface area contributed by atoms with Gasteiger partial charge in [0.05, 0.1) is 73.1 Å². The zero-order valence-electron chi connectivity index (χ0n) is 82.0. The number of unbranched alkanes of at least 4 members (excludes halogenated alkanes) is 1. The van der Waals surface area contributed by atoms with Crippen LogP contribution in [-0.4, -0.2) is 156 Å². The average molecular weight is 1990 g/mol. The minimum Gasteiger partial charge on any atom is -0.478 e. The molecule has 0 spiro atoms. The van der Waals surface area contributed by atoms with Crippen LogP contribution >= 0.6 is 0 Å². The van der Waals surface area contributed by atoms with Crippen molar-refractivity contribution in [2.24, 2.45) is 5.92 Å². The van der Waals surface area contributed by atoms with E-state index in [0.29, 0.717) is 114 Å². The largest absolute Gasteiger partial charge is 0.478 e. The van der Waals surface area contributed by atoms with E-state index in [-0.39, 0.29) is 40.0 Å². The Kier molecular flexibility index (Phi) is 30.5. The molecule has 33 heteroatoms. The van der Waals surface area contributed by atoms with Crippen molar-refractivity contribution < 1.29 is 59.0 Å². The van der Waals surface area contributed by atoms with Crippen LogP contribution in [0.2, 0.25) is 0 Å². The van der Waals surface area contributed by atoms with E-state index in [1.54, 1.807) is 97.5 Å². The van der Waals surface area contributed by atoms with Crippen LogP contribution in [0.3, 0.4) is 0 Å². The summed E-state index contributed by atoms with van der Waals surface area (Å²) < 4.78 is 11.3. The highest BCUT2D eigenvalue weighted by Crippen LogP contribution is 2.40. The Hall–Kier alpha value is -19.3. The fourth-order valence-electron chi connectivity index (χ4n) is 17.4. The first kappa shape index (κ1) is 101. The second-order valence-corrected chi connectivity index (χ2v) is 36.4. The maximum Gasteiger partial charge on any atom is 0.345 e. The summed E-state index contributed by atoms with van der Waals surface area (Å²) in [6, 6.07) is 62.3. The zero-order valence-corrected chi connectivity index (χ0v) is 82.0. The highest BCUT2D eigenvalue weighted by atomic mass is 16.5. The third-order valence-electron chi connectivity index (χ3n) is 25.1. The minimum absolute atomic E-state index is 0.142. The third-order valence-corrected chi connectivity index (χ3v) is 25.1. The van der Waals surface area contributed by atoms with E-state index in [0.717, 1.165) is 181 Å². The maximum atomic E-state index is 11.7. The van der Waals surface area contributed by atoms with Crippen LogP contribution in [0.25, 0.3) is 109 Å². The van der Waals surface area contributed by atoms with Gasteiger partial charge in [0.2, 0.25) is 0 Å². The smallest absolute Gasteiger partial charge is 0.345 e. The number of hydrogen-bond donors (Lipinski definition) is 11. The van der Waals surface area contributed by atoms with Gasteiger partial charge in [-0.2, -0.15) is 0 Å². The molecular formula is C117H98N20O13. The van der Waals surface area contributed by atoms with Gasteiger partial charge in [-0.1, -0.05) is 103 Å². The Morgan fingerprint density at radius 1 is 0.380 bits per heavy atom. The monoisotopic (exact) mass is 1990 g/mol. The fourth-order valence-corrected chi connectivity index (χ4v) is 17.4. The normalized spacial score (nSPS) is 12.5. The Bertz CT molecular complexity index is 8940. The number of benzene rings is 10. The molecule has 1 aliphatic carbocycles. The summed E-state index contributed by atoms with van der Waals surface area (Å²) in [5.74, 6) is 9.16. The molecule has 20 aromatic rings. The number of hydrogen-bond acceptors (Lipinski definition) is 27. The first-order chi connectivity index (χ1) is 72.7. The molecule has 0 radical (unpaired) electrons. The summed E-state index contributed by atoms with van der Waals surface area (Å²) in [4.78, 5) is 136. The number of H-pyrrole nitrogens is 1. The van der Waals surface area contributed by atoms with Gasteiger partial charge in [0.15, 0.2) is 29.1 Å². The van der Waals surface area contributed by atoms with Gasteiger partial charge in [-0.3, -0.25) is 0 Å². The number of fused-ring (bicyclic) bond motifs is 15. The second-order valence-electron chi connectivity index (χ2n) is 36.4. The first-order valence-corrected chi connectivity index (χ1v) is 48.4. The number of nitrogens with zero attached hydrogens (tertiary/aromatic N) is 14. The molecule has 1 saturated carbocycles. The van der Waals surface area contributed by atoms with Crippen molar-refractivity contribution in [3.63, 3.8) is 0 Å². The Morgan fingerprint density at radius 2 is 0.720 bits per heavy atom. The number of carboxylic acids is 5. The molecule has 1 aliphatic heterocycles. The molecule has 11 N–H and O–H groups in total. The number of carboxylic acid groups (broad SMARTS) is 5. The van der Waals surface area contributed by atoms with E-state index >= 15 is 0 Å². The standard InChI is InChI=1S/C27H26N4O3.C26H22N4O3.C25H20N4O2.C20H16N4O2.C19H14N4O3/c1-4-18-8-7-9-20(14-18)29-26-25-22(21-12-11-19(27(32)33)15-23(21)30-26)16-28-24(31-25)10-5-6-13-34-17(2)3;1-2-16-5-3-6-18(13-16)28-25-24-21(20-10-8-17(26(31)32)14-22(20)29-25)15-27-23(30-24)11-9-19-7-4-12-33-19;1-2-15-4-3-5-18(12-15)27-24-23-20(14-26-22(29-23)11-8-16-6-7-16)19-10-9-17(25(30)31)13-21(19)28-24;1-11-4-3-5-14(8-11)23-19-18-16(10-21-12(2)22-18)15-7-6-13(20(25)26)9-17(15)24-19;1-10-3-2-4-12(7-10)21-17-16-14(9-20-19(26)23-16)13-6-5-11(18(24)25)8-15(13)22-17/h1,7-9,11-12,14-17H,5-6,10,13H2,2-3H3,(H,29,30)(H,32,33);1,3,5-6,8,10,13-15,19H,4,7,9,11-12H2,(H,28,29)(H,31,32);1,3-5,9-10,12-14,16H,6-8,11H2,(H,27,28)(H,30,31);3-10H,1-2H3,(H,23,24)(H,25,26);2-9H,1H3,(H,21,22)(H,24,25)(H,20,23,26). The van der Waals surface area contributed by atoms with Crippen LogP contribution in [0.15, 0.2) is 248 Å². The lowest BCUT2D eigenvalue weighted by atomic mass is 10.1. The van der Waals surface area contributed by atoms with Crippen LogP contribution < -0.4 is 32.3 Å². The molecule has 11 heterocycles. The lowest BCUT2D eigenvalue weighted by Crippen LogP contribution is -2.10. The lowest BCUT2D eigenvalue weighted by molar-refractivity contribution is 0.0686. The van der Waals surface area contributed by atoms with Crippen molar-refractivity contribution in [1.29, 1.82) is 0 Å². The van der Waals surface area contributed by atoms with Gasteiger partial charge in [0.25, 0.3) is 0 Å². The molecule has 10 aromatic carbocycles. The quantitative estimate of drug-likeness (QED) is 0.0129. The molecule has 33 nitrogen and oxygen atoms in total. The van der Waals surface area contributed by atoms with Gasteiger partial charge < -0.3 is 66.6 Å². The fraction of sp³-hybridized carbons (Fsp3) is 0.179. The number of carbonyl (C=O) groups is 5. The Morgan fingerprint density at radius 3 is 1.08 bits per heavy atom. The zero-order chi connectivity index (χ0) is 105. The number of nitrogens with one attached hydrogen (secondary N) is 6. The van der Waals surface area contributed by atoms with Crippen molar-refractivity contribution in [2.75, 3.05) is 39.8 Å². The molecule has 1 atom stereocenters. The molecule has 10 aromatic heterocycles. The van der Waals surface area contributed by atoms with Crippen LogP contribution in [0.1, 0.15) is 168 Å². The summed E-state index contributed by atoms with van der Waals surface area (Å²) in [5, 5.41) is 71.0. The number of aryl methyl sites for hydroxylation is 6. The Labute approximate surface area is 858 Å². The van der Waals surface area contributed by atoms with Crippen molar-refractivity contribution in [3.05, 3.63) is 333 Å². The number of ether oxygens (including phenoxy) is 2. The van der Waals surface area contributed by atoms with Crippen molar-refractivity contribution in [3.8, 4) is 37.0 Å². The molecule has 2 aliphatic rings. The van der Waals surface area contributed by atoms with E-state index in [1.165, 1.54) is 31.2 Å². The lowest BCUT2D eigenvalue weighted by Gasteiger charge is -2.13. The van der Waals surface area contributed by atoms with Gasteiger partial charge in [-0.25, -0.2) is 98.5 Å². The number of terminal acetylenes is 3. The van der Waals surface area contributed by atoms with Crippen molar-refractivity contribution >= 4 is 196 Å². The van der Waals surface area contributed by atoms with E-state index in [1.807, 2.05) is 162 Å². The molecule has 2 fully saturated rings. The van der Waals surface area contributed by atoms with Gasteiger partial charge in [-0.15, -0.1) is 19.3 Å². The van der Waals surface area contributed by atoms with Gasteiger partial charge in [0, 0.05) is 162 Å². The van der Waals surface area contributed by atoms with E-state index in [2.05, 4.69) is 89.2 Å². The topological polar surface area (TPSA) is 478 Å². The average Bonchev–Trinajstić information content (AvgIpc) is 0.865. The Balaban J connectivity index is 0.000000123. The van der Waals surface area contributed by atoms with Crippen molar-refractivity contribution in [1.82, 2.24) is 74.8 Å². The maximum absolute atomic E-state index is 11.7. The molecule has 1 unspecified atom stereocenters. The number of aromatic amines is 1. The molecule has 0 bridgehead atoms. The van der Waals surface area contributed by atoms with E-state index in [4.69, 9.17) is 58.6 Å². The minimum atomic E-state index is -1.03. The summed E-state index contributed by atoms with van der Waals surface area (Å²) in [6.45, 7) is 11.4. The molecule has 150 heavy (non-hydrogen) atoms. The van der Waals surface area contributed by atoms with E-state index in [9.17, 15) is 54.3 Å². The van der Waals surface area contributed by atoms with Gasteiger partial charge >= 0.3 is 35.5 Å². The molecular weight excluding hydrogens is 1890 g/mol. The van der Waals surface area contributed by atoms with Gasteiger partial charge in [-0.05, 0) is 230 Å². The summed E-state index contributed by atoms with van der Waals surface area (Å²) in [7, 11) is 0. The molecule has 22 rings (SSSR count). The number of rotatable bonds is 27. The molecule has 0 amide bonds. The molecule has 744 valence electrons. The summed E-state index contributed by atoms with van der Waals surface area (Å²) >= 11 is 0. The van der Waals surface area contributed by atoms with Crippen LogP contribution in [0.5, 0.6) is 0 Å². The predicted octanol–water partition coefficient (Wildman–Crippen LogP) is 22.5. The van der Waals surface area contributed by atoms with Crippen LogP contribution in [-0.2, 0) is 28.7 Å². The van der Waals surface area contributed by atoms with Crippen molar-refractivity contribution in [2.45, 2.75) is 117 Å². The second kappa shape index (κ2) is 45.3. The number of aromatic carboxylic acids is 5. The number of anilines is 10. The molecule has 1 saturated heterocycles. The van der Waals surface area contributed by atoms with Gasteiger partial charge in [0.1, 0.15) is 45.4 Å². The predicted molar refractivity (Wildman–Crippen MR) is 581 cm³/mol. The highest BCUT2D eigenvalue weighted by Gasteiger charge is 2.26. The van der Waals surface area contributed by atoms with Crippen LogP contribution in [0.4, 0.5) is 57.5 Å². The number of aromatic nitrogens is 15. The third kappa shape index (κ3) is 24.2. The van der Waals surface area contributed by atoms with Crippen LogP contribution in [0, 0.1) is 63.7 Å². The van der Waals surface area contributed by atoms with E-state index < -0.39 is 35.5 Å². The highest BCUT2D eigenvalue weighted by molar-refractivity contribution is 6.15. The summed E-state index contributed by atoms with van der Waals surface area (Å²) in [6.07, 6.45) is 36.6.